The van der Waals surface area contributed by atoms with Crippen LogP contribution in [0.3, 0.4) is 0 Å². The summed E-state index contributed by atoms with van der Waals surface area (Å²) in [7, 11) is 2.02. The first-order chi connectivity index (χ1) is 9.40. The van der Waals surface area contributed by atoms with Gasteiger partial charge in [-0.25, -0.2) is 0 Å². The molecule has 2 atom stereocenters. The molecule has 0 fully saturated rings. The van der Waals surface area contributed by atoms with Crippen molar-refractivity contribution < 1.29 is 0 Å². The zero-order valence-corrected chi connectivity index (χ0v) is 11.2. The minimum absolute atomic E-state index is 0.294. The van der Waals surface area contributed by atoms with Gasteiger partial charge in [-0.15, -0.1) is 0 Å². The van der Waals surface area contributed by atoms with Crippen LogP contribution in [0.1, 0.15) is 41.6 Å². The molecule has 0 saturated heterocycles. The summed E-state index contributed by atoms with van der Waals surface area (Å²) >= 11 is 0. The second kappa shape index (κ2) is 5.49. The number of likely N-dealkylation sites (N-methyl/N-ethyl adjacent to an activating group) is 1. The molecule has 0 bridgehead atoms. The first kappa shape index (κ1) is 12.3. The van der Waals surface area contributed by atoms with E-state index in [1.165, 1.54) is 29.7 Å². The summed E-state index contributed by atoms with van der Waals surface area (Å²) in [6, 6.07) is 8.69. The van der Waals surface area contributed by atoms with E-state index in [0.29, 0.717) is 12.0 Å². The molecule has 98 valence electrons. The molecule has 1 aliphatic rings. The maximum Gasteiger partial charge on any atom is 0.0485 e. The summed E-state index contributed by atoms with van der Waals surface area (Å²) < 4.78 is 0. The Morgan fingerprint density at radius 2 is 2.16 bits per heavy atom. The summed E-state index contributed by atoms with van der Waals surface area (Å²) in [4.78, 5) is 8.88. The Morgan fingerprint density at radius 1 is 1.26 bits per heavy atom. The molecule has 19 heavy (non-hydrogen) atoms. The van der Waals surface area contributed by atoms with Crippen molar-refractivity contribution in [3.05, 3.63) is 59.7 Å². The highest BCUT2D eigenvalue weighted by atomic mass is 14.9. The van der Waals surface area contributed by atoms with Gasteiger partial charge < -0.3 is 5.32 Å². The zero-order chi connectivity index (χ0) is 13.1. The second-order valence-electron chi connectivity index (χ2n) is 5.10. The maximum absolute atomic E-state index is 4.63. The predicted molar refractivity (Wildman–Crippen MR) is 76.0 cm³/mol. The third-order valence-corrected chi connectivity index (χ3v) is 4.00. The van der Waals surface area contributed by atoms with Crippen molar-refractivity contribution in [1.29, 1.82) is 0 Å². The largest absolute Gasteiger partial charge is 0.312 e. The molecular formula is C16H19N3. The normalized spacial score (nSPS) is 19.7. The predicted octanol–water partition coefficient (Wildman–Crippen LogP) is 2.86. The van der Waals surface area contributed by atoms with Crippen LogP contribution in [0.5, 0.6) is 0 Å². The molecule has 1 aliphatic carbocycles. The molecule has 3 nitrogen and oxygen atoms in total. The highest BCUT2D eigenvalue weighted by molar-refractivity contribution is 5.30. The van der Waals surface area contributed by atoms with Crippen LogP contribution in [0, 0.1) is 0 Å². The fourth-order valence-electron chi connectivity index (χ4n) is 3.13. The first-order valence-corrected chi connectivity index (χ1v) is 6.91. The van der Waals surface area contributed by atoms with E-state index in [2.05, 4.69) is 27.4 Å². The standard InChI is InChI=1S/C16H19N3/c1-17-15(13-7-3-9-18-11-13)14-8-2-5-12-6-4-10-19-16(12)14/h3-4,6-7,9-11,14-15,17H,2,5,8H2,1H3. The number of rotatable bonds is 3. The van der Waals surface area contributed by atoms with Gasteiger partial charge in [0.2, 0.25) is 0 Å². The molecule has 0 aromatic carbocycles. The molecule has 2 aromatic rings. The van der Waals surface area contributed by atoms with Crippen molar-refractivity contribution in [2.75, 3.05) is 7.05 Å². The lowest BCUT2D eigenvalue weighted by atomic mass is 9.80. The van der Waals surface area contributed by atoms with Gasteiger partial charge in [0.15, 0.2) is 0 Å². The van der Waals surface area contributed by atoms with E-state index in [0.717, 1.165) is 6.42 Å². The Kier molecular flexibility index (Phi) is 3.56. The van der Waals surface area contributed by atoms with Gasteiger partial charge in [0.1, 0.15) is 0 Å². The summed E-state index contributed by atoms with van der Waals surface area (Å²) in [5.41, 5.74) is 3.91. The summed E-state index contributed by atoms with van der Waals surface area (Å²) in [6.45, 7) is 0. The van der Waals surface area contributed by atoms with Gasteiger partial charge in [-0.3, -0.25) is 9.97 Å². The van der Waals surface area contributed by atoms with Gasteiger partial charge >= 0.3 is 0 Å². The third-order valence-electron chi connectivity index (χ3n) is 4.00. The Balaban J connectivity index is 1.97. The average Bonchev–Trinajstić information content (AvgIpc) is 2.49. The molecule has 0 spiro atoms. The smallest absolute Gasteiger partial charge is 0.0485 e. The van der Waals surface area contributed by atoms with E-state index in [1.807, 2.05) is 37.8 Å². The molecule has 2 aromatic heterocycles. The van der Waals surface area contributed by atoms with E-state index < -0.39 is 0 Å². The van der Waals surface area contributed by atoms with Gasteiger partial charge in [-0.05, 0) is 49.6 Å². The molecular weight excluding hydrogens is 234 g/mol. The highest BCUT2D eigenvalue weighted by Gasteiger charge is 2.29. The molecule has 2 heterocycles. The number of nitrogens with one attached hydrogen (secondary N) is 1. The van der Waals surface area contributed by atoms with Crippen molar-refractivity contribution in [2.45, 2.75) is 31.2 Å². The quantitative estimate of drug-likeness (QED) is 0.914. The number of aryl methyl sites for hydroxylation is 1. The van der Waals surface area contributed by atoms with Crippen LogP contribution < -0.4 is 5.32 Å². The Labute approximate surface area is 114 Å². The SMILES string of the molecule is CNC(c1cccnc1)C1CCCc2cccnc21. The molecule has 0 aliphatic heterocycles. The topological polar surface area (TPSA) is 37.8 Å². The van der Waals surface area contributed by atoms with Crippen molar-refractivity contribution in [3.63, 3.8) is 0 Å². The summed E-state index contributed by atoms with van der Waals surface area (Å²) in [5, 5.41) is 3.45. The van der Waals surface area contributed by atoms with E-state index in [1.54, 1.807) is 0 Å². The minimum atomic E-state index is 0.294. The molecule has 0 radical (unpaired) electrons. The number of fused-ring (bicyclic) bond motifs is 1. The lowest BCUT2D eigenvalue weighted by molar-refractivity contribution is 0.415. The lowest BCUT2D eigenvalue weighted by Crippen LogP contribution is -2.27. The van der Waals surface area contributed by atoms with Crippen molar-refractivity contribution in [1.82, 2.24) is 15.3 Å². The van der Waals surface area contributed by atoms with E-state index in [-0.39, 0.29) is 0 Å². The number of nitrogens with zero attached hydrogens (tertiary/aromatic N) is 2. The van der Waals surface area contributed by atoms with Crippen LogP contribution >= 0.6 is 0 Å². The van der Waals surface area contributed by atoms with E-state index in [9.17, 15) is 0 Å². The van der Waals surface area contributed by atoms with Crippen LogP contribution in [-0.4, -0.2) is 17.0 Å². The Hall–Kier alpha value is -1.74. The molecule has 3 heteroatoms. The second-order valence-corrected chi connectivity index (χ2v) is 5.10. The van der Waals surface area contributed by atoms with Gasteiger partial charge in [-0.2, -0.15) is 0 Å². The fourth-order valence-corrected chi connectivity index (χ4v) is 3.13. The van der Waals surface area contributed by atoms with Gasteiger partial charge in [-0.1, -0.05) is 12.1 Å². The highest BCUT2D eigenvalue weighted by Crippen LogP contribution is 2.38. The lowest BCUT2D eigenvalue weighted by Gasteiger charge is -2.31. The van der Waals surface area contributed by atoms with E-state index >= 15 is 0 Å². The van der Waals surface area contributed by atoms with Crippen LogP contribution in [0.2, 0.25) is 0 Å². The minimum Gasteiger partial charge on any atom is -0.312 e. The summed E-state index contributed by atoms with van der Waals surface area (Å²) in [5.74, 6) is 0.444. The number of hydrogen-bond donors (Lipinski definition) is 1. The van der Waals surface area contributed by atoms with Crippen LogP contribution in [0.4, 0.5) is 0 Å². The third kappa shape index (κ3) is 2.38. The van der Waals surface area contributed by atoms with Crippen LogP contribution in [0.25, 0.3) is 0 Å². The first-order valence-electron chi connectivity index (χ1n) is 6.91. The van der Waals surface area contributed by atoms with E-state index in [4.69, 9.17) is 0 Å². The zero-order valence-electron chi connectivity index (χ0n) is 11.2. The van der Waals surface area contributed by atoms with Gasteiger partial charge in [0.25, 0.3) is 0 Å². The van der Waals surface area contributed by atoms with Crippen LogP contribution in [-0.2, 0) is 6.42 Å². The number of hydrogen-bond acceptors (Lipinski definition) is 3. The maximum atomic E-state index is 4.63. The Morgan fingerprint density at radius 3 is 2.95 bits per heavy atom. The molecule has 1 N–H and O–H groups in total. The average molecular weight is 253 g/mol. The summed E-state index contributed by atoms with van der Waals surface area (Å²) in [6.07, 6.45) is 9.27. The van der Waals surface area contributed by atoms with Gasteiger partial charge in [0.05, 0.1) is 0 Å². The van der Waals surface area contributed by atoms with Crippen LogP contribution in [0.15, 0.2) is 42.9 Å². The number of aromatic nitrogens is 2. The van der Waals surface area contributed by atoms with Gasteiger partial charge in [0, 0.05) is 36.2 Å². The Bertz CT molecular complexity index is 539. The molecule has 3 rings (SSSR count). The monoisotopic (exact) mass is 253 g/mol. The fraction of sp³-hybridized carbons (Fsp3) is 0.375. The molecule has 2 unspecified atom stereocenters. The number of pyridine rings is 2. The van der Waals surface area contributed by atoms with Crippen molar-refractivity contribution >= 4 is 0 Å². The molecule has 0 saturated carbocycles. The molecule has 0 amide bonds. The van der Waals surface area contributed by atoms with Crippen molar-refractivity contribution in [3.8, 4) is 0 Å². The van der Waals surface area contributed by atoms with Crippen molar-refractivity contribution in [2.24, 2.45) is 0 Å².